The second-order valence-corrected chi connectivity index (χ2v) is 7.84. The fraction of sp³-hybridized carbons (Fsp3) is 0.118. The number of nitrogens with one attached hydrogen (secondary N) is 1. The molecule has 1 N–H and O–H groups in total. The number of halogens is 1. The first-order chi connectivity index (χ1) is 10.9. The minimum Gasteiger partial charge on any atom is -0.277 e. The van der Waals surface area contributed by atoms with Gasteiger partial charge in [0.15, 0.2) is 0 Å². The molecule has 0 saturated heterocycles. The van der Waals surface area contributed by atoms with E-state index in [-0.39, 0.29) is 4.90 Å². The average Bonchev–Trinajstić information content (AvgIpc) is 2.45. The Morgan fingerprint density at radius 3 is 2.48 bits per heavy atom. The van der Waals surface area contributed by atoms with E-state index in [4.69, 9.17) is 0 Å². The first-order valence-electron chi connectivity index (χ1n) is 6.93. The molecular weight excluding hydrogens is 376 g/mol. The van der Waals surface area contributed by atoms with Crippen LogP contribution in [0, 0.1) is 20.0 Å². The quantitative estimate of drug-likeness (QED) is 0.729. The Bertz CT molecular complexity index is 972. The van der Waals surface area contributed by atoms with Crippen molar-refractivity contribution in [2.45, 2.75) is 18.7 Å². The molecule has 0 saturated carbocycles. The summed E-state index contributed by atoms with van der Waals surface area (Å²) in [6.07, 6.45) is 4.33. The zero-order valence-electron chi connectivity index (χ0n) is 12.6. The lowest BCUT2D eigenvalue weighted by Crippen LogP contribution is -2.16. The molecule has 4 nitrogen and oxygen atoms in total. The molecule has 0 aliphatic rings. The molecule has 1 radical (unpaired) electrons. The smallest absolute Gasteiger partial charge is 0.262 e. The van der Waals surface area contributed by atoms with Crippen LogP contribution in [0.25, 0.3) is 10.8 Å². The summed E-state index contributed by atoms with van der Waals surface area (Å²) in [6.45, 7) is 3.56. The van der Waals surface area contributed by atoms with Crippen molar-refractivity contribution in [3.05, 3.63) is 64.4 Å². The SMILES string of the molecule is Cc1cc(Br)cc(C)c1S(=O)(=O)Nc1cn[c]c2ccccc12. The van der Waals surface area contributed by atoms with Gasteiger partial charge in [0, 0.05) is 15.2 Å². The van der Waals surface area contributed by atoms with E-state index in [0.717, 1.165) is 15.2 Å². The van der Waals surface area contributed by atoms with Gasteiger partial charge in [-0.1, -0.05) is 40.2 Å². The predicted octanol–water partition coefficient (Wildman–Crippen LogP) is 4.22. The molecule has 0 atom stereocenters. The number of sulfonamides is 1. The van der Waals surface area contributed by atoms with Gasteiger partial charge in [-0.25, -0.2) is 8.42 Å². The van der Waals surface area contributed by atoms with Gasteiger partial charge in [0.1, 0.15) is 0 Å². The van der Waals surface area contributed by atoms with Crippen molar-refractivity contribution in [2.75, 3.05) is 4.72 Å². The molecule has 0 spiro atoms. The molecule has 23 heavy (non-hydrogen) atoms. The van der Waals surface area contributed by atoms with E-state index in [1.807, 2.05) is 24.3 Å². The standard InChI is InChI=1S/C17H14BrN2O2S/c1-11-7-14(18)8-12(2)17(11)23(21,22)20-16-10-19-9-13-5-3-4-6-15(13)16/h3-8,10,20H,1-2H3. The molecule has 3 rings (SSSR count). The first kappa shape index (κ1) is 16.0. The molecule has 6 heteroatoms. The maximum absolute atomic E-state index is 12.8. The summed E-state index contributed by atoms with van der Waals surface area (Å²) in [7, 11) is -3.71. The fourth-order valence-electron chi connectivity index (χ4n) is 2.65. The van der Waals surface area contributed by atoms with Gasteiger partial charge in [-0.3, -0.25) is 9.71 Å². The largest absolute Gasteiger partial charge is 0.277 e. The Morgan fingerprint density at radius 2 is 1.78 bits per heavy atom. The number of pyridine rings is 1. The molecule has 0 fully saturated rings. The number of aryl methyl sites for hydroxylation is 2. The number of hydrogen-bond donors (Lipinski definition) is 1. The number of hydrogen-bond acceptors (Lipinski definition) is 3. The van der Waals surface area contributed by atoms with Gasteiger partial charge in [0.25, 0.3) is 10.0 Å². The molecule has 0 unspecified atom stereocenters. The van der Waals surface area contributed by atoms with E-state index in [2.05, 4.69) is 31.8 Å². The highest BCUT2D eigenvalue weighted by Crippen LogP contribution is 2.28. The zero-order chi connectivity index (χ0) is 16.6. The lowest BCUT2D eigenvalue weighted by atomic mass is 10.1. The molecule has 2 aromatic carbocycles. The number of nitrogens with zero attached hydrogens (tertiary/aromatic N) is 1. The number of aromatic nitrogens is 1. The zero-order valence-corrected chi connectivity index (χ0v) is 15.0. The van der Waals surface area contributed by atoms with Gasteiger partial charge >= 0.3 is 0 Å². The summed E-state index contributed by atoms with van der Waals surface area (Å²) in [4.78, 5) is 4.28. The molecule has 0 aliphatic carbocycles. The molecule has 117 valence electrons. The summed E-state index contributed by atoms with van der Waals surface area (Å²) in [5.74, 6) is 0. The lowest BCUT2D eigenvalue weighted by Gasteiger charge is -2.14. The topological polar surface area (TPSA) is 59.1 Å². The van der Waals surface area contributed by atoms with Crippen molar-refractivity contribution in [3.8, 4) is 0 Å². The molecule has 3 aromatic rings. The van der Waals surface area contributed by atoms with Crippen molar-refractivity contribution < 1.29 is 8.42 Å². The van der Waals surface area contributed by atoms with Crippen LogP contribution in [0.1, 0.15) is 11.1 Å². The molecule has 0 amide bonds. The summed E-state index contributed by atoms with van der Waals surface area (Å²) in [6, 6.07) is 11.0. The van der Waals surface area contributed by atoms with Crippen LogP contribution in [0.2, 0.25) is 0 Å². The Hall–Kier alpha value is -1.92. The third-order valence-corrected chi connectivity index (χ3v) is 5.66. The molecule has 0 bridgehead atoms. The van der Waals surface area contributed by atoms with Crippen molar-refractivity contribution in [1.82, 2.24) is 4.98 Å². The van der Waals surface area contributed by atoms with Crippen molar-refractivity contribution >= 4 is 42.4 Å². The van der Waals surface area contributed by atoms with Crippen LogP contribution in [0.4, 0.5) is 5.69 Å². The first-order valence-corrected chi connectivity index (χ1v) is 9.21. The predicted molar refractivity (Wildman–Crippen MR) is 95.0 cm³/mol. The normalized spacial score (nSPS) is 11.6. The highest BCUT2D eigenvalue weighted by atomic mass is 79.9. The van der Waals surface area contributed by atoms with Gasteiger partial charge in [-0.2, -0.15) is 0 Å². The van der Waals surface area contributed by atoms with E-state index in [0.29, 0.717) is 16.8 Å². The van der Waals surface area contributed by atoms with Crippen LogP contribution in [0.3, 0.4) is 0 Å². The van der Waals surface area contributed by atoms with Gasteiger partial charge in [0.2, 0.25) is 0 Å². The molecule has 0 aliphatic heterocycles. The summed E-state index contributed by atoms with van der Waals surface area (Å²) in [5.41, 5.74) is 1.81. The Labute approximate surface area is 143 Å². The van der Waals surface area contributed by atoms with Crippen LogP contribution >= 0.6 is 15.9 Å². The van der Waals surface area contributed by atoms with Crippen LogP contribution < -0.4 is 4.72 Å². The van der Waals surface area contributed by atoms with E-state index >= 15 is 0 Å². The second kappa shape index (κ2) is 5.94. The fourth-order valence-corrected chi connectivity index (χ4v) is 4.86. The summed E-state index contributed by atoms with van der Waals surface area (Å²) < 4.78 is 29.2. The van der Waals surface area contributed by atoms with E-state index in [1.54, 1.807) is 26.0 Å². The van der Waals surface area contributed by atoms with Crippen LogP contribution in [0.5, 0.6) is 0 Å². The lowest BCUT2D eigenvalue weighted by molar-refractivity contribution is 0.600. The summed E-state index contributed by atoms with van der Waals surface area (Å²) >= 11 is 3.38. The summed E-state index contributed by atoms with van der Waals surface area (Å²) in [5, 5.41) is 1.52. The average molecular weight is 390 g/mol. The number of benzene rings is 2. The number of rotatable bonds is 3. The van der Waals surface area contributed by atoms with Crippen molar-refractivity contribution in [2.24, 2.45) is 0 Å². The van der Waals surface area contributed by atoms with Crippen LogP contribution in [0.15, 0.2) is 52.0 Å². The van der Waals surface area contributed by atoms with Crippen molar-refractivity contribution in [1.29, 1.82) is 0 Å². The Kier molecular flexibility index (Phi) is 4.12. The van der Waals surface area contributed by atoms with E-state index in [9.17, 15) is 8.42 Å². The van der Waals surface area contributed by atoms with Gasteiger partial charge in [0.05, 0.1) is 23.0 Å². The Morgan fingerprint density at radius 1 is 1.13 bits per heavy atom. The van der Waals surface area contributed by atoms with E-state index in [1.165, 1.54) is 6.20 Å². The van der Waals surface area contributed by atoms with Crippen molar-refractivity contribution in [3.63, 3.8) is 0 Å². The minimum atomic E-state index is -3.71. The molecule has 1 aromatic heterocycles. The third kappa shape index (κ3) is 3.09. The minimum absolute atomic E-state index is 0.289. The second-order valence-electron chi connectivity index (χ2n) is 5.30. The van der Waals surface area contributed by atoms with Crippen LogP contribution in [-0.4, -0.2) is 13.4 Å². The van der Waals surface area contributed by atoms with Crippen LogP contribution in [-0.2, 0) is 10.0 Å². The van der Waals surface area contributed by atoms with Gasteiger partial charge in [-0.05, 0) is 37.1 Å². The van der Waals surface area contributed by atoms with E-state index < -0.39 is 10.0 Å². The maximum atomic E-state index is 12.8. The number of anilines is 1. The molecular formula is C17H14BrN2O2S. The third-order valence-electron chi connectivity index (χ3n) is 3.53. The highest BCUT2D eigenvalue weighted by molar-refractivity contribution is 9.10. The molecule has 1 heterocycles. The number of fused-ring (bicyclic) bond motifs is 1. The van der Waals surface area contributed by atoms with Gasteiger partial charge in [-0.15, -0.1) is 0 Å². The maximum Gasteiger partial charge on any atom is 0.262 e. The van der Waals surface area contributed by atoms with Gasteiger partial charge < -0.3 is 0 Å². The Balaban J connectivity index is 2.12. The monoisotopic (exact) mass is 389 g/mol. The highest BCUT2D eigenvalue weighted by Gasteiger charge is 2.21.